The van der Waals surface area contributed by atoms with E-state index in [9.17, 15) is 54.7 Å². The number of likely N-dealkylation sites (tertiary alicyclic amines) is 1. The number of halogens is 8. The van der Waals surface area contributed by atoms with Gasteiger partial charge in [-0.1, -0.05) is 24.3 Å². The summed E-state index contributed by atoms with van der Waals surface area (Å²) in [4.78, 5) is 74.9. The molecule has 0 unspecified atom stereocenters. The zero-order valence-electron chi connectivity index (χ0n) is 46.0. The number of thiophene rings is 3. The maximum atomic E-state index is 13.4. The Morgan fingerprint density at radius 1 is 0.591 bits per heavy atom. The highest BCUT2D eigenvalue weighted by atomic mass is 79.9. The third-order valence-corrected chi connectivity index (χ3v) is 17.9. The smallest absolute Gasteiger partial charge is 0.423 e. The Bertz CT molecular complexity index is 3960. The largest absolute Gasteiger partial charge is 0.499 e. The molecule has 33 heteroatoms. The van der Waals surface area contributed by atoms with Crippen molar-refractivity contribution in [2.45, 2.75) is 81.9 Å². The minimum Gasteiger partial charge on any atom is -0.423 e. The average Bonchev–Trinajstić information content (AvgIpc) is 2.58. The van der Waals surface area contributed by atoms with Gasteiger partial charge in [0.05, 0.1) is 48.7 Å². The van der Waals surface area contributed by atoms with Gasteiger partial charge in [0.25, 0.3) is 11.8 Å². The highest BCUT2D eigenvalue weighted by molar-refractivity contribution is 9.10. The van der Waals surface area contributed by atoms with Crippen LogP contribution in [0.4, 0.5) is 48.6 Å². The summed E-state index contributed by atoms with van der Waals surface area (Å²) >= 11 is 7.31. The molecule has 9 aromatic heterocycles. The van der Waals surface area contributed by atoms with Crippen LogP contribution in [0.3, 0.4) is 0 Å². The molecule has 2 saturated heterocycles. The number of nitrogens with zero attached hydrogens (tertiary/aromatic N) is 10. The van der Waals surface area contributed by atoms with Crippen LogP contribution in [0.25, 0.3) is 38.1 Å². The number of rotatable bonds is 13. The van der Waals surface area contributed by atoms with Gasteiger partial charge in [-0.25, -0.2) is 44.3 Å². The van der Waals surface area contributed by atoms with Crippen molar-refractivity contribution in [3.05, 3.63) is 110 Å². The molecule has 3 saturated carbocycles. The molecule has 462 valence electrons. The van der Waals surface area contributed by atoms with E-state index in [1.165, 1.54) is 17.4 Å². The van der Waals surface area contributed by atoms with Crippen molar-refractivity contribution >= 4 is 127 Å². The number of nitrogens with one attached hydrogen (secondary N) is 4. The van der Waals surface area contributed by atoms with Crippen LogP contribution < -0.4 is 26.0 Å². The van der Waals surface area contributed by atoms with Gasteiger partial charge in [0.15, 0.2) is 29.5 Å². The summed E-state index contributed by atoms with van der Waals surface area (Å²) < 4.78 is 95.6. The predicted molar refractivity (Wildman–Crippen MR) is 320 cm³/mol. The number of hydrogen-bond acceptors (Lipinski definition) is 18. The Labute approximate surface area is 516 Å². The Hall–Kier alpha value is -7.40. The monoisotopic (exact) mass is 1340 g/mol. The standard InChI is InChI=1S/C20H20F3N5OS.C15H11FN4O2S.C10H8BrFN4O.C5H5BO3S.C5H9F2N/c21-14-10-13(14)18(29)25-19-24-17-3-1-2-15(28(17)26-19)16-5-4-12(30-16)11-27-8-6-20(22,23)7-9-27;16-10-6-9(10)14(22)18-15-17-13-3-1-2-11(20(13)19-15)12-5-4-8(7-21)23-12;11-7-2-1-3-8-13-10(15-16(7)8)14-9(17)5-4-6(5)12;7-3-4-1-2-5(10-4)6(8)9;6-5(7)1-3-8-4-2-5/h1-5,13-14H,6-11H2,(H,25,26,29);1-5,7,9-10H,6H2,(H,18,19,22);1-3,5-6H,4H2,(H,14,15,17);1-3,8-9H;8H,1-4H2/t13-,14-;9-,10-;5-,6-;;/m000../s1. The lowest BCUT2D eigenvalue weighted by molar-refractivity contribution is -0.118. The fraction of sp³-hybridized carbons (Fsp3) is 0.364. The zero-order chi connectivity index (χ0) is 62.4. The Balaban J connectivity index is 0.000000131. The highest BCUT2D eigenvalue weighted by Gasteiger charge is 2.46. The van der Waals surface area contributed by atoms with Crippen molar-refractivity contribution < 1.29 is 64.8 Å². The number of hydrogen-bond donors (Lipinski definition) is 6. The van der Waals surface area contributed by atoms with Crippen molar-refractivity contribution in [3.63, 3.8) is 0 Å². The van der Waals surface area contributed by atoms with E-state index in [4.69, 9.17) is 10.0 Å². The van der Waals surface area contributed by atoms with Gasteiger partial charge in [-0.2, -0.15) is 15.0 Å². The van der Waals surface area contributed by atoms with Crippen LogP contribution in [0.5, 0.6) is 0 Å². The SMILES string of the molecule is FC1(F)CCNCC1.O=C(Nc1nc2cccc(-c3ccc(CN4CCC(F)(F)CC4)s3)n2n1)[C@H]1C[C@@H]1F.O=C(Nc1nc2cccc(Br)n2n1)[C@H]1C[C@@H]1F.O=Cc1ccc(-c2cccc3nc(NC(=O)[C@H]4C[C@@H]4F)nn23)s1.O=Cc1ccc(B(O)O)s1. The maximum Gasteiger partial charge on any atom is 0.499 e. The van der Waals surface area contributed by atoms with Crippen molar-refractivity contribution in [2.24, 2.45) is 17.8 Å². The topological polar surface area (TPSA) is 268 Å². The summed E-state index contributed by atoms with van der Waals surface area (Å²) in [6, 6.07) is 27.0. The van der Waals surface area contributed by atoms with Gasteiger partial charge >= 0.3 is 7.12 Å². The minimum absolute atomic E-state index is 0.00694. The summed E-state index contributed by atoms with van der Waals surface area (Å²) in [6.07, 6.45) is -1.05. The second kappa shape index (κ2) is 27.6. The number of pyridine rings is 3. The van der Waals surface area contributed by atoms with Crippen molar-refractivity contribution in [3.8, 4) is 21.1 Å². The van der Waals surface area contributed by atoms with E-state index >= 15 is 0 Å². The zero-order valence-corrected chi connectivity index (χ0v) is 50.0. The summed E-state index contributed by atoms with van der Waals surface area (Å²) in [5, 5.41) is 40.4. The highest BCUT2D eigenvalue weighted by Crippen LogP contribution is 2.38. The first kappa shape index (κ1) is 63.6. The number of aromatic nitrogens is 9. The third-order valence-electron chi connectivity index (χ3n) is 14.1. The van der Waals surface area contributed by atoms with E-state index < -0.39 is 67.0 Å². The van der Waals surface area contributed by atoms with Gasteiger partial charge in [0.2, 0.25) is 35.6 Å². The van der Waals surface area contributed by atoms with Crippen LogP contribution in [0.1, 0.15) is 69.2 Å². The molecule has 5 fully saturated rings. The molecule has 88 heavy (non-hydrogen) atoms. The summed E-state index contributed by atoms with van der Waals surface area (Å²) in [5.41, 5.74) is 3.33. The molecule has 2 aliphatic heterocycles. The summed E-state index contributed by atoms with van der Waals surface area (Å²) in [6.45, 7) is 2.35. The van der Waals surface area contributed by atoms with Crippen LogP contribution >= 0.6 is 49.9 Å². The molecule has 11 heterocycles. The second-order valence-electron chi connectivity index (χ2n) is 20.9. The number of carbonyl (C=O) groups is 5. The molecule has 3 amide bonds. The molecule has 0 bridgehead atoms. The molecule has 0 spiro atoms. The van der Waals surface area contributed by atoms with Gasteiger partial charge in [-0.3, -0.25) is 44.8 Å². The average molecular weight is 1340 g/mol. The molecule has 3 aliphatic carbocycles. The van der Waals surface area contributed by atoms with E-state index in [2.05, 4.69) is 67.4 Å². The van der Waals surface area contributed by atoms with E-state index in [0.717, 1.165) is 48.2 Å². The number of alkyl halides is 7. The Morgan fingerprint density at radius 3 is 1.42 bits per heavy atom. The summed E-state index contributed by atoms with van der Waals surface area (Å²) in [5.74, 6) is -7.32. The van der Waals surface area contributed by atoms with Crippen LogP contribution in [0, 0.1) is 17.8 Å². The van der Waals surface area contributed by atoms with Gasteiger partial charge in [0, 0.05) is 68.1 Å². The lowest BCUT2D eigenvalue weighted by Crippen LogP contribution is -2.38. The number of piperidine rings is 2. The van der Waals surface area contributed by atoms with Gasteiger partial charge in [0.1, 0.15) is 23.1 Å². The van der Waals surface area contributed by atoms with E-state index in [-0.39, 0.29) is 62.3 Å². The first-order chi connectivity index (χ1) is 42.1. The molecule has 9 aromatic rings. The normalized spacial score (nSPS) is 21.2. The lowest BCUT2D eigenvalue weighted by Gasteiger charge is -2.31. The molecule has 0 aromatic carbocycles. The van der Waals surface area contributed by atoms with Crippen LogP contribution in [-0.2, 0) is 20.9 Å². The number of fused-ring (bicyclic) bond motifs is 3. The minimum atomic E-state index is -2.54. The molecule has 6 N–H and O–H groups in total. The van der Waals surface area contributed by atoms with Crippen LogP contribution in [0.2, 0.25) is 0 Å². The molecule has 6 atom stereocenters. The van der Waals surface area contributed by atoms with Crippen molar-refractivity contribution in [2.75, 3.05) is 42.1 Å². The summed E-state index contributed by atoms with van der Waals surface area (Å²) in [7, 11) is -1.46. The number of carbonyl (C=O) groups excluding carboxylic acids is 5. The Kier molecular flexibility index (Phi) is 19.9. The van der Waals surface area contributed by atoms with E-state index in [1.54, 1.807) is 55.2 Å². The second-order valence-corrected chi connectivity index (χ2v) is 25.1. The third kappa shape index (κ3) is 16.5. The number of aldehydes is 2. The fourth-order valence-electron chi connectivity index (χ4n) is 8.91. The molecule has 5 aliphatic rings. The molecule has 21 nitrogen and oxygen atoms in total. The maximum absolute atomic E-state index is 13.4. The van der Waals surface area contributed by atoms with Crippen molar-refractivity contribution in [1.82, 2.24) is 54.0 Å². The first-order valence-electron chi connectivity index (χ1n) is 27.4. The van der Waals surface area contributed by atoms with Gasteiger partial charge in [-0.15, -0.1) is 49.3 Å². The van der Waals surface area contributed by atoms with Crippen LogP contribution in [-0.4, -0.2) is 153 Å². The van der Waals surface area contributed by atoms with Gasteiger partial charge in [-0.05, 0) is 102 Å². The predicted octanol–water partition coefficient (Wildman–Crippen LogP) is 8.59. The van der Waals surface area contributed by atoms with E-state index in [0.29, 0.717) is 76.9 Å². The molecular weight excluding hydrogens is 1290 g/mol. The van der Waals surface area contributed by atoms with Crippen LogP contribution in [0.15, 0.2) is 95.6 Å². The number of amides is 3. The Morgan fingerprint density at radius 2 is 1.01 bits per heavy atom. The van der Waals surface area contributed by atoms with E-state index in [1.807, 2.05) is 59.5 Å². The van der Waals surface area contributed by atoms with Gasteiger partial charge < -0.3 is 15.4 Å². The molecule has 0 radical (unpaired) electrons. The molecular formula is C55H53BBrF7N14O7S3. The lowest BCUT2D eigenvalue weighted by atomic mass is 9.90. The quantitative estimate of drug-likeness (QED) is 0.0273. The fourth-order valence-corrected chi connectivity index (χ4v) is 11.9. The number of anilines is 3. The van der Waals surface area contributed by atoms with Crippen molar-refractivity contribution in [1.29, 1.82) is 0 Å². The first-order valence-corrected chi connectivity index (χ1v) is 30.7. The molecule has 14 rings (SSSR count).